The minimum atomic E-state index is -0.217. The van der Waals surface area contributed by atoms with Gasteiger partial charge in [0.25, 0.3) is 5.91 Å². The number of carbonyl (C=O) groups excluding carboxylic acids is 1. The van der Waals surface area contributed by atoms with E-state index in [0.29, 0.717) is 11.6 Å². The van der Waals surface area contributed by atoms with Crippen molar-refractivity contribution in [1.82, 2.24) is 9.97 Å². The summed E-state index contributed by atoms with van der Waals surface area (Å²) in [6.45, 7) is 10.7. The zero-order valence-corrected chi connectivity index (χ0v) is 14.4. The number of nitrogens with one attached hydrogen (secondary N) is 2. The molecule has 0 aliphatic heterocycles. The molecule has 23 heavy (non-hydrogen) atoms. The number of benzene rings is 1. The van der Waals surface area contributed by atoms with E-state index in [9.17, 15) is 4.79 Å². The molecule has 2 rings (SSSR count). The summed E-state index contributed by atoms with van der Waals surface area (Å²) in [6, 6.07) is 5.81. The first-order chi connectivity index (χ1) is 10.9. The number of amides is 1. The number of rotatable bonds is 5. The molecule has 2 aromatic rings. The second-order valence-corrected chi connectivity index (χ2v) is 5.87. The lowest BCUT2D eigenvalue weighted by atomic mass is 10.0. The summed E-state index contributed by atoms with van der Waals surface area (Å²) in [5, 5.41) is 6.10. The molecule has 0 spiro atoms. The number of hydrogen-bond acceptors (Lipinski definition) is 4. The Balaban J connectivity index is 2.26. The van der Waals surface area contributed by atoms with Gasteiger partial charge in [0, 0.05) is 17.9 Å². The molecule has 0 radical (unpaired) electrons. The fraction of sp³-hybridized carbons (Fsp3) is 0.389. The van der Waals surface area contributed by atoms with Crippen LogP contribution in [0.2, 0.25) is 0 Å². The molecule has 1 aromatic heterocycles. The van der Waals surface area contributed by atoms with E-state index in [-0.39, 0.29) is 5.91 Å². The van der Waals surface area contributed by atoms with Crippen molar-refractivity contribution < 1.29 is 4.79 Å². The van der Waals surface area contributed by atoms with Gasteiger partial charge in [-0.1, -0.05) is 24.6 Å². The number of nitrogens with zero attached hydrogens (tertiary/aromatic N) is 2. The van der Waals surface area contributed by atoms with Gasteiger partial charge in [0.15, 0.2) is 0 Å². The van der Waals surface area contributed by atoms with Crippen molar-refractivity contribution in [2.45, 2.75) is 41.0 Å². The van der Waals surface area contributed by atoms with Crippen LogP contribution in [0, 0.1) is 27.7 Å². The van der Waals surface area contributed by atoms with E-state index in [2.05, 4.69) is 39.7 Å². The molecule has 0 aliphatic rings. The Kier molecular flexibility index (Phi) is 5.32. The van der Waals surface area contributed by atoms with Gasteiger partial charge >= 0.3 is 0 Å². The minimum Gasteiger partial charge on any atom is -0.354 e. The third kappa shape index (κ3) is 4.28. The summed E-state index contributed by atoms with van der Waals surface area (Å²) in [6.07, 6.45) is 0.973. The van der Waals surface area contributed by atoms with Gasteiger partial charge in [-0.15, -0.1) is 0 Å². The van der Waals surface area contributed by atoms with Crippen molar-refractivity contribution in [2.24, 2.45) is 0 Å². The van der Waals surface area contributed by atoms with Gasteiger partial charge in [0.2, 0.25) is 5.95 Å². The van der Waals surface area contributed by atoms with Crippen molar-refractivity contribution in [3.63, 3.8) is 0 Å². The van der Waals surface area contributed by atoms with E-state index in [4.69, 9.17) is 0 Å². The number of aryl methyl sites for hydroxylation is 4. The Morgan fingerprint density at radius 3 is 2.30 bits per heavy atom. The summed E-state index contributed by atoms with van der Waals surface area (Å²) in [5.74, 6) is 0.277. The Morgan fingerprint density at radius 1 is 1.04 bits per heavy atom. The molecule has 0 bridgehead atoms. The molecular weight excluding hydrogens is 288 g/mol. The molecule has 5 nitrogen and oxygen atoms in total. The van der Waals surface area contributed by atoms with Crippen molar-refractivity contribution in [1.29, 1.82) is 0 Å². The average molecular weight is 312 g/mol. The van der Waals surface area contributed by atoms with Gasteiger partial charge in [-0.3, -0.25) is 4.79 Å². The Hall–Kier alpha value is -2.43. The van der Waals surface area contributed by atoms with E-state index in [1.54, 1.807) is 6.07 Å². The molecule has 1 aromatic carbocycles. The predicted molar refractivity (Wildman–Crippen MR) is 94.2 cm³/mol. The zero-order valence-electron chi connectivity index (χ0n) is 14.4. The van der Waals surface area contributed by atoms with Gasteiger partial charge in [-0.25, -0.2) is 9.97 Å². The lowest BCUT2D eigenvalue weighted by Crippen LogP contribution is -2.17. The second kappa shape index (κ2) is 7.22. The van der Waals surface area contributed by atoms with Crippen LogP contribution in [-0.4, -0.2) is 22.4 Å². The van der Waals surface area contributed by atoms with Crippen molar-refractivity contribution >= 4 is 17.5 Å². The number of carbonyl (C=O) groups is 1. The predicted octanol–water partition coefficient (Wildman–Crippen LogP) is 3.78. The SMILES string of the molecule is CCCNc1nc(C)cc(C(=O)Nc2c(C)cc(C)cc2C)n1. The van der Waals surface area contributed by atoms with Gasteiger partial charge < -0.3 is 10.6 Å². The maximum atomic E-state index is 12.6. The van der Waals surface area contributed by atoms with Crippen LogP contribution in [0.3, 0.4) is 0 Å². The number of aromatic nitrogens is 2. The topological polar surface area (TPSA) is 66.9 Å². The fourth-order valence-electron chi connectivity index (χ4n) is 2.56. The van der Waals surface area contributed by atoms with Crippen molar-refractivity contribution in [3.05, 3.63) is 46.3 Å². The zero-order chi connectivity index (χ0) is 17.0. The fourth-order valence-corrected chi connectivity index (χ4v) is 2.56. The molecular formula is C18H24N4O. The number of anilines is 2. The first-order valence-electron chi connectivity index (χ1n) is 7.89. The molecule has 0 atom stereocenters. The number of hydrogen-bond donors (Lipinski definition) is 2. The Bertz CT molecular complexity index is 702. The highest BCUT2D eigenvalue weighted by Gasteiger charge is 2.13. The average Bonchev–Trinajstić information content (AvgIpc) is 2.48. The van der Waals surface area contributed by atoms with E-state index < -0.39 is 0 Å². The molecule has 2 N–H and O–H groups in total. The smallest absolute Gasteiger partial charge is 0.274 e. The summed E-state index contributed by atoms with van der Waals surface area (Å²) in [5.41, 5.74) is 5.26. The molecule has 1 heterocycles. The molecule has 0 fully saturated rings. The molecule has 0 aliphatic carbocycles. The summed E-state index contributed by atoms with van der Waals surface area (Å²) in [7, 11) is 0. The lowest BCUT2D eigenvalue weighted by molar-refractivity contribution is 0.102. The molecule has 5 heteroatoms. The second-order valence-electron chi connectivity index (χ2n) is 5.87. The summed E-state index contributed by atoms with van der Waals surface area (Å²) >= 11 is 0. The third-order valence-electron chi connectivity index (χ3n) is 3.54. The molecule has 122 valence electrons. The maximum absolute atomic E-state index is 12.6. The Labute approximate surface area is 137 Å². The van der Waals surface area contributed by atoms with Crippen molar-refractivity contribution in [3.8, 4) is 0 Å². The summed E-state index contributed by atoms with van der Waals surface area (Å²) in [4.78, 5) is 21.2. The van der Waals surface area contributed by atoms with Crippen LogP contribution < -0.4 is 10.6 Å². The van der Waals surface area contributed by atoms with E-state index in [1.807, 2.05) is 27.7 Å². The molecule has 0 unspecified atom stereocenters. The van der Waals surface area contributed by atoms with Crippen LogP contribution in [0.1, 0.15) is 46.2 Å². The third-order valence-corrected chi connectivity index (χ3v) is 3.54. The standard InChI is InChI=1S/C18H24N4O/c1-6-7-19-18-20-14(5)10-15(21-18)17(23)22-16-12(3)8-11(2)9-13(16)4/h8-10H,6-7H2,1-5H3,(H,22,23)(H,19,20,21). The monoisotopic (exact) mass is 312 g/mol. The van der Waals surface area contributed by atoms with E-state index in [1.165, 1.54) is 5.56 Å². The molecule has 1 amide bonds. The van der Waals surface area contributed by atoms with Crippen LogP contribution in [0.15, 0.2) is 18.2 Å². The molecule has 0 saturated carbocycles. The van der Waals surface area contributed by atoms with Gasteiger partial charge in [0.1, 0.15) is 5.69 Å². The highest BCUT2D eigenvalue weighted by molar-refractivity contribution is 6.04. The van der Waals surface area contributed by atoms with Crippen LogP contribution in [0.4, 0.5) is 11.6 Å². The quantitative estimate of drug-likeness (QED) is 0.881. The first kappa shape index (κ1) is 16.9. The molecule has 0 saturated heterocycles. The normalized spacial score (nSPS) is 10.5. The van der Waals surface area contributed by atoms with Crippen molar-refractivity contribution in [2.75, 3.05) is 17.2 Å². The lowest BCUT2D eigenvalue weighted by Gasteiger charge is -2.13. The van der Waals surface area contributed by atoms with Crippen LogP contribution in [0.5, 0.6) is 0 Å². The summed E-state index contributed by atoms with van der Waals surface area (Å²) < 4.78 is 0. The van der Waals surface area contributed by atoms with Gasteiger partial charge in [0.05, 0.1) is 0 Å². The highest BCUT2D eigenvalue weighted by atomic mass is 16.1. The largest absolute Gasteiger partial charge is 0.354 e. The van der Waals surface area contributed by atoms with E-state index in [0.717, 1.165) is 35.5 Å². The Morgan fingerprint density at radius 2 is 1.70 bits per heavy atom. The maximum Gasteiger partial charge on any atom is 0.274 e. The van der Waals surface area contributed by atoms with Crippen LogP contribution >= 0.6 is 0 Å². The van der Waals surface area contributed by atoms with E-state index >= 15 is 0 Å². The van der Waals surface area contributed by atoms with Gasteiger partial charge in [-0.2, -0.15) is 0 Å². The van der Waals surface area contributed by atoms with Crippen LogP contribution in [-0.2, 0) is 0 Å². The first-order valence-corrected chi connectivity index (χ1v) is 7.89. The minimum absolute atomic E-state index is 0.217. The van der Waals surface area contributed by atoms with Crippen LogP contribution in [0.25, 0.3) is 0 Å². The van der Waals surface area contributed by atoms with Gasteiger partial charge in [-0.05, 0) is 51.3 Å². The highest BCUT2D eigenvalue weighted by Crippen LogP contribution is 2.22.